The number of carbonyl (C=O) groups is 1. The summed E-state index contributed by atoms with van der Waals surface area (Å²) in [6.45, 7) is 0. The molecule has 0 aliphatic heterocycles. The molecule has 0 unspecified atom stereocenters. The molecule has 28 heavy (non-hydrogen) atoms. The van der Waals surface area contributed by atoms with Gasteiger partial charge in [-0.2, -0.15) is 0 Å². The number of para-hydroxylation sites is 1. The number of hydrogen-bond acceptors (Lipinski definition) is 4. The van der Waals surface area contributed by atoms with Gasteiger partial charge in [-0.05, 0) is 30.0 Å². The molecule has 5 rings (SSSR count). The second-order valence-electron chi connectivity index (χ2n) is 8.01. The van der Waals surface area contributed by atoms with Crippen LogP contribution in [0.1, 0.15) is 28.3 Å². The van der Waals surface area contributed by atoms with Gasteiger partial charge in [-0.1, -0.05) is 36.4 Å². The van der Waals surface area contributed by atoms with Crippen LogP contribution in [-0.4, -0.2) is 43.9 Å². The van der Waals surface area contributed by atoms with Crippen LogP contribution in [0.15, 0.2) is 54.9 Å². The zero-order chi connectivity index (χ0) is 19.4. The summed E-state index contributed by atoms with van der Waals surface area (Å²) in [7, 11) is 1.90. The van der Waals surface area contributed by atoms with E-state index in [4.69, 9.17) is 0 Å². The topological polar surface area (TPSA) is 87.4 Å². The van der Waals surface area contributed by atoms with Gasteiger partial charge < -0.3 is 20.1 Å². The summed E-state index contributed by atoms with van der Waals surface area (Å²) >= 11 is 0. The first-order chi connectivity index (χ1) is 13.6. The summed E-state index contributed by atoms with van der Waals surface area (Å²) in [6.07, 6.45) is 0.857. The van der Waals surface area contributed by atoms with Crippen molar-refractivity contribution in [2.75, 3.05) is 0 Å². The average molecular weight is 377 g/mol. The van der Waals surface area contributed by atoms with Crippen LogP contribution in [0.4, 0.5) is 0 Å². The van der Waals surface area contributed by atoms with E-state index < -0.39 is 12.2 Å². The number of rotatable bonds is 3. The summed E-state index contributed by atoms with van der Waals surface area (Å²) in [5.41, 5.74) is 3.18. The Labute approximate surface area is 162 Å². The van der Waals surface area contributed by atoms with Gasteiger partial charge >= 0.3 is 0 Å². The maximum absolute atomic E-state index is 13.2. The number of aliphatic hydroxyl groups excluding tert-OH is 2. The predicted molar refractivity (Wildman–Crippen MR) is 105 cm³/mol. The van der Waals surface area contributed by atoms with Crippen LogP contribution in [0.3, 0.4) is 0 Å². The van der Waals surface area contributed by atoms with Crippen LogP contribution < -0.4 is 5.32 Å². The molecule has 2 aliphatic rings. The number of benzene rings is 2. The van der Waals surface area contributed by atoms with Gasteiger partial charge in [-0.3, -0.25) is 4.79 Å². The number of carbonyl (C=O) groups excluding carboxylic acids is 1. The zero-order valence-electron chi connectivity index (χ0n) is 15.6. The number of aromatic nitrogens is 2. The predicted octanol–water partition coefficient (Wildman–Crippen LogP) is 1.83. The van der Waals surface area contributed by atoms with Crippen molar-refractivity contribution in [3.63, 3.8) is 0 Å². The molecule has 3 aromatic rings. The molecule has 6 heteroatoms. The summed E-state index contributed by atoms with van der Waals surface area (Å²) in [6, 6.07) is 15.3. The smallest absolute Gasteiger partial charge is 0.253 e. The molecular weight excluding hydrogens is 354 g/mol. The van der Waals surface area contributed by atoms with Gasteiger partial charge in [0.25, 0.3) is 5.91 Å². The second-order valence-corrected chi connectivity index (χ2v) is 8.01. The van der Waals surface area contributed by atoms with Gasteiger partial charge in [0, 0.05) is 24.9 Å². The molecule has 0 radical (unpaired) electrons. The number of fused-ring (bicyclic) bond motifs is 3. The van der Waals surface area contributed by atoms with E-state index in [0.29, 0.717) is 17.5 Å². The molecule has 2 bridgehead atoms. The molecule has 1 heterocycles. The largest absolute Gasteiger partial charge is 0.390 e. The standard InChI is InChI=1S/C22H23N3O3/c1-25-11-23-18-13(8-5-9-16(18)25)22(28)24-19-15-10-14(20(26)21(15)27)17(19)12-6-3-2-4-7-12/h2-9,11,14-15,17,19-21,26-27H,10H2,1H3,(H,24,28)/t14-,15+,17+,19+,20-,21+/m1/s1. The van der Waals surface area contributed by atoms with Crippen molar-refractivity contribution in [3.8, 4) is 0 Å². The fraction of sp³-hybridized carbons (Fsp3) is 0.364. The third-order valence-corrected chi connectivity index (χ3v) is 6.56. The van der Waals surface area contributed by atoms with Crippen LogP contribution in [0.5, 0.6) is 0 Å². The third kappa shape index (κ3) is 2.48. The van der Waals surface area contributed by atoms with Crippen molar-refractivity contribution in [2.45, 2.75) is 30.6 Å². The van der Waals surface area contributed by atoms with E-state index in [0.717, 1.165) is 11.1 Å². The fourth-order valence-corrected chi connectivity index (χ4v) is 5.25. The van der Waals surface area contributed by atoms with Crippen LogP contribution in [0.2, 0.25) is 0 Å². The molecule has 2 saturated carbocycles. The summed E-state index contributed by atoms with van der Waals surface area (Å²) in [5, 5.41) is 24.1. The Morgan fingerprint density at radius 1 is 1.07 bits per heavy atom. The van der Waals surface area contributed by atoms with Crippen LogP contribution in [-0.2, 0) is 7.05 Å². The fourth-order valence-electron chi connectivity index (χ4n) is 5.25. The molecule has 6 nitrogen and oxygen atoms in total. The highest BCUT2D eigenvalue weighted by atomic mass is 16.3. The SMILES string of the molecule is Cn1cnc2c(C(=O)N[C@H]3[C@@H]4C[C@@H]([C@@H](O)[C@H]4O)[C@@H]3c3ccccc3)cccc21. The second kappa shape index (κ2) is 6.43. The van der Waals surface area contributed by atoms with Crippen molar-refractivity contribution >= 4 is 16.9 Å². The van der Waals surface area contributed by atoms with E-state index in [1.807, 2.05) is 54.1 Å². The Balaban J connectivity index is 1.49. The highest BCUT2D eigenvalue weighted by Gasteiger charge is 2.58. The quantitative estimate of drug-likeness (QED) is 0.650. The van der Waals surface area contributed by atoms with E-state index in [1.165, 1.54) is 0 Å². The minimum atomic E-state index is -0.805. The van der Waals surface area contributed by atoms with Crippen molar-refractivity contribution in [3.05, 3.63) is 66.0 Å². The van der Waals surface area contributed by atoms with E-state index in [-0.39, 0.29) is 29.7 Å². The zero-order valence-corrected chi connectivity index (χ0v) is 15.6. The van der Waals surface area contributed by atoms with Gasteiger partial charge in [0.2, 0.25) is 0 Å². The van der Waals surface area contributed by atoms with Crippen molar-refractivity contribution in [1.82, 2.24) is 14.9 Å². The molecule has 2 fully saturated rings. The van der Waals surface area contributed by atoms with Gasteiger partial charge in [0.15, 0.2) is 0 Å². The summed E-state index contributed by atoms with van der Waals surface area (Å²) in [5.74, 6) is -0.420. The molecule has 6 atom stereocenters. The Kier molecular flexibility index (Phi) is 4.00. The third-order valence-electron chi connectivity index (χ3n) is 6.56. The van der Waals surface area contributed by atoms with Gasteiger partial charge in [-0.25, -0.2) is 4.98 Å². The lowest BCUT2D eigenvalue weighted by Crippen LogP contribution is -2.51. The molecule has 1 aromatic heterocycles. The highest BCUT2D eigenvalue weighted by molar-refractivity contribution is 6.05. The molecule has 144 valence electrons. The molecule has 3 N–H and O–H groups in total. The Hall–Kier alpha value is -2.70. The maximum Gasteiger partial charge on any atom is 0.253 e. The van der Waals surface area contributed by atoms with E-state index in [2.05, 4.69) is 10.3 Å². The minimum Gasteiger partial charge on any atom is -0.390 e. The number of amides is 1. The van der Waals surface area contributed by atoms with Crippen molar-refractivity contribution in [1.29, 1.82) is 0 Å². The van der Waals surface area contributed by atoms with Gasteiger partial charge in [0.05, 0.1) is 29.6 Å². The van der Waals surface area contributed by atoms with Crippen LogP contribution in [0.25, 0.3) is 11.0 Å². The van der Waals surface area contributed by atoms with E-state index >= 15 is 0 Å². The number of nitrogens with zero attached hydrogens (tertiary/aromatic N) is 2. The molecule has 1 amide bonds. The van der Waals surface area contributed by atoms with E-state index in [1.54, 1.807) is 12.4 Å². The van der Waals surface area contributed by atoms with Gasteiger partial charge in [0.1, 0.15) is 5.52 Å². The number of aryl methyl sites for hydroxylation is 1. The Morgan fingerprint density at radius 3 is 2.61 bits per heavy atom. The first-order valence-electron chi connectivity index (χ1n) is 9.68. The number of imidazole rings is 1. The number of hydrogen-bond donors (Lipinski definition) is 3. The first-order valence-corrected chi connectivity index (χ1v) is 9.68. The number of aliphatic hydroxyl groups is 2. The monoisotopic (exact) mass is 377 g/mol. The maximum atomic E-state index is 13.2. The molecule has 0 saturated heterocycles. The average Bonchev–Trinajstić information content (AvgIpc) is 3.36. The normalized spacial score (nSPS) is 31.4. The highest BCUT2D eigenvalue weighted by Crippen LogP contribution is 2.53. The van der Waals surface area contributed by atoms with Crippen LogP contribution >= 0.6 is 0 Å². The van der Waals surface area contributed by atoms with Crippen molar-refractivity contribution in [2.24, 2.45) is 18.9 Å². The first kappa shape index (κ1) is 17.4. The van der Waals surface area contributed by atoms with Crippen molar-refractivity contribution < 1.29 is 15.0 Å². The molecule has 2 aliphatic carbocycles. The lowest BCUT2D eigenvalue weighted by Gasteiger charge is -2.37. The number of nitrogens with one attached hydrogen (secondary N) is 1. The summed E-state index contributed by atoms with van der Waals surface area (Å²) < 4.78 is 1.89. The lowest BCUT2D eigenvalue weighted by atomic mass is 9.77. The minimum absolute atomic E-state index is 0.0171. The van der Waals surface area contributed by atoms with E-state index in [9.17, 15) is 15.0 Å². The Bertz CT molecular complexity index is 1030. The Morgan fingerprint density at radius 2 is 1.82 bits per heavy atom. The molecule has 2 aromatic carbocycles. The van der Waals surface area contributed by atoms with Gasteiger partial charge in [-0.15, -0.1) is 0 Å². The lowest BCUT2D eigenvalue weighted by molar-refractivity contribution is -0.0327. The molecular formula is C22H23N3O3. The summed E-state index contributed by atoms with van der Waals surface area (Å²) in [4.78, 5) is 17.5. The molecule has 0 spiro atoms. The van der Waals surface area contributed by atoms with Crippen LogP contribution in [0, 0.1) is 11.8 Å².